The molecule has 0 saturated carbocycles. The second-order valence-electron chi connectivity index (χ2n) is 9.44. The summed E-state index contributed by atoms with van der Waals surface area (Å²) in [5.41, 5.74) is 1.16. The lowest BCUT2D eigenvalue weighted by molar-refractivity contribution is -0.122. The molecule has 1 saturated heterocycles. The topological polar surface area (TPSA) is 52.6 Å². The predicted molar refractivity (Wildman–Crippen MR) is 129 cm³/mol. The fraction of sp³-hybridized carbons (Fsp3) is 0.800. The number of anilines is 1. The minimum Gasteiger partial charge on any atom is -0.332 e. The summed E-state index contributed by atoms with van der Waals surface area (Å²) < 4.78 is 0. The SMILES string of the molecule is CCC1CN(CC)CC(CC)N1c1ncc(CN(C)CCCCCC(=O)C(C)C)cn1. The molecule has 6 nitrogen and oxygen atoms in total. The van der Waals surface area contributed by atoms with Crippen molar-refractivity contribution >= 4 is 11.7 Å². The van der Waals surface area contributed by atoms with Gasteiger partial charge in [0.05, 0.1) is 0 Å². The van der Waals surface area contributed by atoms with Crippen molar-refractivity contribution in [2.45, 2.75) is 91.8 Å². The van der Waals surface area contributed by atoms with Crippen LogP contribution >= 0.6 is 0 Å². The first-order chi connectivity index (χ1) is 14.9. The Balaban J connectivity index is 1.84. The Morgan fingerprint density at radius 3 is 2.19 bits per heavy atom. The maximum absolute atomic E-state index is 11.7. The second-order valence-corrected chi connectivity index (χ2v) is 9.44. The molecule has 1 fully saturated rings. The van der Waals surface area contributed by atoms with Gasteiger partial charge in [-0.25, -0.2) is 9.97 Å². The number of rotatable bonds is 13. The third kappa shape index (κ3) is 7.83. The Labute approximate surface area is 190 Å². The van der Waals surface area contributed by atoms with E-state index in [9.17, 15) is 4.79 Å². The molecule has 2 rings (SSSR count). The molecule has 176 valence electrons. The first-order valence-corrected chi connectivity index (χ1v) is 12.4. The summed E-state index contributed by atoms with van der Waals surface area (Å²) >= 11 is 0. The second kappa shape index (κ2) is 13.1. The summed E-state index contributed by atoms with van der Waals surface area (Å²) in [6.45, 7) is 16.0. The lowest BCUT2D eigenvalue weighted by Gasteiger charge is -2.46. The summed E-state index contributed by atoms with van der Waals surface area (Å²) in [5.74, 6) is 1.44. The van der Waals surface area contributed by atoms with Gasteiger partial charge in [0.1, 0.15) is 5.78 Å². The number of carbonyl (C=O) groups is 1. The Kier molecular flexibility index (Phi) is 10.9. The average molecular weight is 432 g/mol. The number of ketones is 1. The summed E-state index contributed by atoms with van der Waals surface area (Å²) in [6.07, 6.45) is 10.2. The summed E-state index contributed by atoms with van der Waals surface area (Å²) in [7, 11) is 2.15. The van der Waals surface area contributed by atoms with E-state index in [1.165, 1.54) is 0 Å². The lowest BCUT2D eigenvalue weighted by Crippen LogP contribution is -2.59. The third-order valence-corrected chi connectivity index (χ3v) is 6.60. The number of Topliss-reactive ketones (excluding diaryl/α,β-unsaturated/α-hetero) is 1. The molecule has 2 unspecified atom stereocenters. The third-order valence-electron chi connectivity index (χ3n) is 6.60. The van der Waals surface area contributed by atoms with Crippen molar-refractivity contribution in [1.29, 1.82) is 0 Å². The molecule has 0 radical (unpaired) electrons. The zero-order valence-corrected chi connectivity index (χ0v) is 20.8. The molecule has 0 bridgehead atoms. The highest BCUT2D eigenvalue weighted by molar-refractivity contribution is 5.80. The molecule has 2 atom stereocenters. The van der Waals surface area contributed by atoms with Gasteiger partial charge in [-0.2, -0.15) is 0 Å². The van der Waals surface area contributed by atoms with Gasteiger partial charge in [-0.15, -0.1) is 0 Å². The zero-order chi connectivity index (χ0) is 22.8. The van der Waals surface area contributed by atoms with E-state index in [4.69, 9.17) is 9.97 Å². The van der Waals surface area contributed by atoms with E-state index in [1.54, 1.807) is 0 Å². The Hall–Kier alpha value is -1.53. The van der Waals surface area contributed by atoms with Crippen LogP contribution in [0.5, 0.6) is 0 Å². The van der Waals surface area contributed by atoms with E-state index in [0.717, 1.165) is 82.8 Å². The predicted octanol–water partition coefficient (Wildman–Crippen LogP) is 4.39. The maximum Gasteiger partial charge on any atom is 0.225 e. The van der Waals surface area contributed by atoms with Gasteiger partial charge in [0.15, 0.2) is 0 Å². The molecule has 31 heavy (non-hydrogen) atoms. The van der Waals surface area contributed by atoms with Gasteiger partial charge in [-0.1, -0.05) is 41.0 Å². The number of hydrogen-bond acceptors (Lipinski definition) is 6. The zero-order valence-electron chi connectivity index (χ0n) is 20.8. The summed E-state index contributed by atoms with van der Waals surface area (Å²) in [4.78, 5) is 28.6. The molecule has 1 aromatic rings. The van der Waals surface area contributed by atoms with E-state index in [1.807, 2.05) is 26.2 Å². The smallest absolute Gasteiger partial charge is 0.225 e. The monoisotopic (exact) mass is 431 g/mol. The molecule has 2 heterocycles. The Morgan fingerprint density at radius 2 is 1.68 bits per heavy atom. The number of aromatic nitrogens is 2. The van der Waals surface area contributed by atoms with Crippen LogP contribution in [0.15, 0.2) is 12.4 Å². The Morgan fingerprint density at radius 1 is 1.06 bits per heavy atom. The van der Waals surface area contributed by atoms with Crippen molar-refractivity contribution in [1.82, 2.24) is 19.8 Å². The highest BCUT2D eigenvalue weighted by Gasteiger charge is 2.33. The van der Waals surface area contributed by atoms with Gasteiger partial charge in [0.2, 0.25) is 5.95 Å². The minimum atomic E-state index is 0.168. The van der Waals surface area contributed by atoms with Crippen LogP contribution in [0, 0.1) is 5.92 Å². The molecule has 0 N–H and O–H groups in total. The van der Waals surface area contributed by atoms with Crippen LogP contribution in [0.1, 0.15) is 78.7 Å². The number of carbonyl (C=O) groups excluding carboxylic acids is 1. The van der Waals surface area contributed by atoms with Crippen LogP contribution < -0.4 is 4.90 Å². The standard InChI is InChI=1S/C25H45N5O/c1-7-22-18-29(9-3)19-23(8-2)30(22)25-26-15-21(16-27-25)17-28(6)14-12-10-11-13-24(31)20(4)5/h15-16,20,22-23H,7-14,17-19H2,1-6H3. The van der Waals surface area contributed by atoms with Gasteiger partial charge in [0, 0.05) is 62.0 Å². The molecular formula is C25H45N5O. The lowest BCUT2D eigenvalue weighted by atomic mass is 10.0. The van der Waals surface area contributed by atoms with Crippen LogP contribution in [0.4, 0.5) is 5.95 Å². The van der Waals surface area contributed by atoms with E-state index in [0.29, 0.717) is 17.9 Å². The van der Waals surface area contributed by atoms with Gasteiger partial charge in [-0.3, -0.25) is 9.69 Å². The van der Waals surface area contributed by atoms with E-state index in [2.05, 4.69) is 42.5 Å². The van der Waals surface area contributed by atoms with Crippen LogP contribution in [0.2, 0.25) is 0 Å². The number of piperazine rings is 1. The fourth-order valence-corrected chi connectivity index (χ4v) is 4.48. The molecule has 0 amide bonds. The number of likely N-dealkylation sites (N-methyl/N-ethyl adjacent to an activating group) is 1. The normalized spacial score (nSPS) is 20.1. The first kappa shape index (κ1) is 25.7. The van der Waals surface area contributed by atoms with Crippen LogP contribution in [-0.4, -0.2) is 70.9 Å². The van der Waals surface area contributed by atoms with Crippen molar-refractivity contribution in [3.8, 4) is 0 Å². The number of hydrogen-bond donors (Lipinski definition) is 0. The van der Waals surface area contributed by atoms with E-state index in [-0.39, 0.29) is 5.92 Å². The van der Waals surface area contributed by atoms with Crippen LogP contribution in [0.3, 0.4) is 0 Å². The van der Waals surface area contributed by atoms with E-state index < -0.39 is 0 Å². The molecule has 0 spiro atoms. The molecule has 0 aliphatic carbocycles. The van der Waals surface area contributed by atoms with Crippen LogP contribution in [0.25, 0.3) is 0 Å². The molecule has 6 heteroatoms. The minimum absolute atomic E-state index is 0.168. The highest BCUT2D eigenvalue weighted by Crippen LogP contribution is 2.25. The highest BCUT2D eigenvalue weighted by atomic mass is 16.1. The summed E-state index contributed by atoms with van der Waals surface area (Å²) in [6, 6.07) is 0.963. The van der Waals surface area contributed by atoms with Crippen molar-refractivity contribution in [3.63, 3.8) is 0 Å². The first-order valence-electron chi connectivity index (χ1n) is 12.4. The molecule has 1 aliphatic heterocycles. The molecule has 0 aromatic carbocycles. The van der Waals surface area contributed by atoms with E-state index >= 15 is 0 Å². The Bertz CT molecular complexity index is 634. The quantitative estimate of drug-likeness (QED) is 0.432. The van der Waals surface area contributed by atoms with Gasteiger partial charge in [0.25, 0.3) is 0 Å². The molecular weight excluding hydrogens is 386 g/mol. The van der Waals surface area contributed by atoms with Crippen molar-refractivity contribution in [2.75, 3.05) is 38.1 Å². The van der Waals surface area contributed by atoms with Gasteiger partial charge >= 0.3 is 0 Å². The molecule has 1 aliphatic rings. The van der Waals surface area contributed by atoms with Crippen molar-refractivity contribution in [3.05, 3.63) is 18.0 Å². The number of nitrogens with zero attached hydrogens (tertiary/aromatic N) is 5. The van der Waals surface area contributed by atoms with Crippen LogP contribution in [-0.2, 0) is 11.3 Å². The largest absolute Gasteiger partial charge is 0.332 e. The fourth-order valence-electron chi connectivity index (χ4n) is 4.48. The average Bonchev–Trinajstić information content (AvgIpc) is 2.78. The van der Waals surface area contributed by atoms with Crippen molar-refractivity contribution in [2.24, 2.45) is 5.92 Å². The van der Waals surface area contributed by atoms with Crippen molar-refractivity contribution < 1.29 is 4.79 Å². The summed E-state index contributed by atoms with van der Waals surface area (Å²) in [5, 5.41) is 0. The van der Waals surface area contributed by atoms with Gasteiger partial charge < -0.3 is 9.80 Å². The van der Waals surface area contributed by atoms with Gasteiger partial charge in [-0.05, 0) is 45.8 Å². The molecule has 1 aromatic heterocycles. The number of unbranched alkanes of at least 4 members (excludes halogenated alkanes) is 2. The maximum atomic E-state index is 11.7.